The lowest BCUT2D eigenvalue weighted by molar-refractivity contribution is -0.159. The van der Waals surface area contributed by atoms with Crippen LogP contribution in [0.4, 0.5) is 0 Å². The molecule has 3 rings (SSSR count). The Morgan fingerprint density at radius 3 is 2.17 bits per heavy atom. The van der Waals surface area contributed by atoms with Crippen molar-refractivity contribution >= 4 is 11.9 Å². The van der Waals surface area contributed by atoms with E-state index in [1.165, 1.54) is 50.0 Å². The van der Waals surface area contributed by atoms with Gasteiger partial charge in [-0.1, -0.05) is 55.5 Å². The fourth-order valence-corrected chi connectivity index (χ4v) is 3.35. The Bertz CT molecular complexity index is 773. The number of hydrogen-bond donors (Lipinski definition) is 2. The number of unbranched alkanes of at least 4 members (excludes halogenated alkanes) is 1. The smallest absolute Gasteiger partial charge is 0.414 e. The van der Waals surface area contributed by atoms with Crippen LogP contribution in [0.2, 0.25) is 0 Å². The maximum absolute atomic E-state index is 9.10. The highest BCUT2D eigenvalue weighted by Crippen LogP contribution is 2.29. The number of piperidine rings is 1. The van der Waals surface area contributed by atoms with Gasteiger partial charge in [0.2, 0.25) is 0 Å². The molecule has 0 radical (unpaired) electrons. The second kappa shape index (κ2) is 12.6. The Balaban J connectivity index is 0.000000469. The van der Waals surface area contributed by atoms with Gasteiger partial charge in [0.1, 0.15) is 5.75 Å². The minimum Gasteiger partial charge on any atom is -0.493 e. The van der Waals surface area contributed by atoms with Crippen molar-refractivity contribution in [3.63, 3.8) is 0 Å². The summed E-state index contributed by atoms with van der Waals surface area (Å²) in [4.78, 5) is 20.8. The van der Waals surface area contributed by atoms with Crippen LogP contribution in [0.1, 0.15) is 32.6 Å². The van der Waals surface area contributed by atoms with Gasteiger partial charge < -0.3 is 19.8 Å². The van der Waals surface area contributed by atoms with E-state index in [4.69, 9.17) is 24.5 Å². The number of carbonyl (C=O) groups is 2. The number of ether oxygens (including phenoxy) is 1. The summed E-state index contributed by atoms with van der Waals surface area (Å²) in [6.07, 6.45) is 5.07. The number of benzene rings is 2. The molecule has 0 bridgehead atoms. The Labute approximate surface area is 178 Å². The zero-order chi connectivity index (χ0) is 21.8. The molecule has 1 heterocycles. The molecule has 1 aliphatic rings. The van der Waals surface area contributed by atoms with Crippen molar-refractivity contribution in [1.29, 1.82) is 0 Å². The zero-order valence-corrected chi connectivity index (χ0v) is 17.5. The number of carboxylic acid groups (broad SMARTS) is 2. The van der Waals surface area contributed by atoms with Crippen LogP contribution in [-0.2, 0) is 9.59 Å². The molecule has 0 unspecified atom stereocenters. The molecule has 30 heavy (non-hydrogen) atoms. The number of nitrogens with zero attached hydrogens (tertiary/aromatic N) is 1. The molecule has 1 saturated heterocycles. The van der Waals surface area contributed by atoms with Gasteiger partial charge in [0.25, 0.3) is 0 Å². The minimum atomic E-state index is -1.82. The minimum absolute atomic E-state index is 0.800. The molecule has 0 saturated carbocycles. The van der Waals surface area contributed by atoms with Gasteiger partial charge in [-0.05, 0) is 62.9 Å². The van der Waals surface area contributed by atoms with Crippen LogP contribution in [0.15, 0.2) is 54.6 Å². The highest BCUT2D eigenvalue weighted by molar-refractivity contribution is 6.27. The first-order chi connectivity index (χ1) is 14.5. The average Bonchev–Trinajstić information content (AvgIpc) is 2.76. The maximum atomic E-state index is 9.10. The summed E-state index contributed by atoms with van der Waals surface area (Å²) in [5.41, 5.74) is 2.40. The van der Waals surface area contributed by atoms with E-state index in [1.54, 1.807) is 0 Å². The number of aliphatic carboxylic acids is 2. The molecule has 0 aromatic heterocycles. The summed E-state index contributed by atoms with van der Waals surface area (Å²) in [6.45, 7) is 6.94. The monoisotopic (exact) mass is 413 g/mol. The first-order valence-electron chi connectivity index (χ1n) is 10.4. The lowest BCUT2D eigenvalue weighted by Crippen LogP contribution is -2.33. The summed E-state index contributed by atoms with van der Waals surface area (Å²) >= 11 is 0. The molecule has 0 spiro atoms. The van der Waals surface area contributed by atoms with E-state index in [0.717, 1.165) is 24.7 Å². The normalized spacial score (nSPS) is 14.4. The lowest BCUT2D eigenvalue weighted by Gasteiger charge is -2.30. The van der Waals surface area contributed by atoms with Gasteiger partial charge in [-0.3, -0.25) is 0 Å². The van der Waals surface area contributed by atoms with Gasteiger partial charge in [0.15, 0.2) is 0 Å². The van der Waals surface area contributed by atoms with E-state index in [2.05, 4.69) is 60.4 Å². The molecule has 2 aromatic carbocycles. The fraction of sp³-hybridized carbons (Fsp3) is 0.417. The quantitative estimate of drug-likeness (QED) is 0.517. The SMILES string of the molecule is CC1CCN(CCCCOc2ccccc2-c2ccccc2)CC1.O=C(O)C(=O)O. The van der Waals surface area contributed by atoms with Crippen LogP contribution in [0.3, 0.4) is 0 Å². The highest BCUT2D eigenvalue weighted by Gasteiger charge is 2.14. The zero-order valence-electron chi connectivity index (χ0n) is 17.5. The van der Waals surface area contributed by atoms with E-state index >= 15 is 0 Å². The van der Waals surface area contributed by atoms with Crippen molar-refractivity contribution in [1.82, 2.24) is 4.90 Å². The van der Waals surface area contributed by atoms with Crippen molar-refractivity contribution in [2.75, 3.05) is 26.2 Å². The third-order valence-corrected chi connectivity index (χ3v) is 5.16. The van der Waals surface area contributed by atoms with E-state index < -0.39 is 11.9 Å². The molecule has 0 aliphatic carbocycles. The third kappa shape index (κ3) is 8.25. The average molecular weight is 414 g/mol. The molecule has 1 fully saturated rings. The molecule has 0 atom stereocenters. The molecule has 1 aliphatic heterocycles. The summed E-state index contributed by atoms with van der Waals surface area (Å²) < 4.78 is 6.08. The van der Waals surface area contributed by atoms with Gasteiger partial charge >= 0.3 is 11.9 Å². The fourth-order valence-electron chi connectivity index (χ4n) is 3.35. The molecular weight excluding hydrogens is 382 g/mol. The lowest BCUT2D eigenvalue weighted by atomic mass is 9.99. The van der Waals surface area contributed by atoms with Gasteiger partial charge in [-0.15, -0.1) is 0 Å². The van der Waals surface area contributed by atoms with Crippen LogP contribution >= 0.6 is 0 Å². The van der Waals surface area contributed by atoms with Gasteiger partial charge in [-0.25, -0.2) is 9.59 Å². The number of rotatable bonds is 7. The van der Waals surface area contributed by atoms with Crippen LogP contribution < -0.4 is 4.74 Å². The molecule has 0 amide bonds. The van der Waals surface area contributed by atoms with Crippen LogP contribution in [0, 0.1) is 5.92 Å². The first kappa shape index (κ1) is 23.4. The third-order valence-electron chi connectivity index (χ3n) is 5.16. The molecule has 6 nitrogen and oxygen atoms in total. The molecule has 2 N–H and O–H groups in total. The van der Waals surface area contributed by atoms with Crippen LogP contribution in [0.25, 0.3) is 11.1 Å². The number of para-hydroxylation sites is 1. The van der Waals surface area contributed by atoms with Crippen molar-refractivity contribution in [2.24, 2.45) is 5.92 Å². The highest BCUT2D eigenvalue weighted by atomic mass is 16.5. The molecule has 162 valence electrons. The summed E-state index contributed by atoms with van der Waals surface area (Å²) in [6, 6.07) is 18.8. The largest absolute Gasteiger partial charge is 0.493 e. The van der Waals surface area contributed by atoms with Crippen LogP contribution in [-0.4, -0.2) is 53.3 Å². The number of likely N-dealkylation sites (tertiary alicyclic amines) is 1. The maximum Gasteiger partial charge on any atom is 0.414 e. The summed E-state index contributed by atoms with van der Waals surface area (Å²) in [7, 11) is 0. The van der Waals surface area contributed by atoms with E-state index in [9.17, 15) is 0 Å². The Morgan fingerprint density at radius 1 is 0.933 bits per heavy atom. The van der Waals surface area contributed by atoms with E-state index in [1.807, 2.05) is 6.07 Å². The van der Waals surface area contributed by atoms with Gasteiger partial charge in [0.05, 0.1) is 6.61 Å². The second-order valence-electron chi connectivity index (χ2n) is 7.55. The van der Waals surface area contributed by atoms with Crippen molar-refractivity contribution in [3.05, 3.63) is 54.6 Å². The second-order valence-corrected chi connectivity index (χ2v) is 7.55. The predicted molar refractivity (Wildman–Crippen MR) is 117 cm³/mol. The molecular formula is C24H31NO5. The predicted octanol–water partition coefficient (Wildman–Crippen LogP) is 4.40. The van der Waals surface area contributed by atoms with Crippen LogP contribution in [0.5, 0.6) is 5.75 Å². The van der Waals surface area contributed by atoms with Crippen molar-refractivity contribution < 1.29 is 24.5 Å². The summed E-state index contributed by atoms with van der Waals surface area (Å²) in [5, 5.41) is 14.8. The standard InChI is InChI=1S/C22H29NO.C2H2O4/c1-19-13-16-23(17-14-19)15-7-8-18-24-22-12-6-5-11-21(22)20-9-3-2-4-10-20;3-1(4)2(5)6/h2-6,9-12,19H,7-8,13-18H2,1H3;(H,3,4)(H,5,6). The number of hydrogen-bond acceptors (Lipinski definition) is 4. The Morgan fingerprint density at radius 2 is 1.53 bits per heavy atom. The molecule has 6 heteroatoms. The van der Waals surface area contributed by atoms with Gasteiger partial charge in [-0.2, -0.15) is 0 Å². The van der Waals surface area contributed by atoms with Crippen molar-refractivity contribution in [2.45, 2.75) is 32.6 Å². The first-order valence-corrected chi connectivity index (χ1v) is 10.4. The van der Waals surface area contributed by atoms with E-state index in [0.29, 0.717) is 0 Å². The molecule has 2 aromatic rings. The Hall–Kier alpha value is -2.86. The topological polar surface area (TPSA) is 87.1 Å². The number of carboxylic acids is 2. The summed E-state index contributed by atoms with van der Waals surface area (Å²) in [5.74, 6) is -1.74. The van der Waals surface area contributed by atoms with Gasteiger partial charge in [0, 0.05) is 5.56 Å². The Kier molecular flexibility index (Phi) is 9.87. The van der Waals surface area contributed by atoms with E-state index in [-0.39, 0.29) is 0 Å². The van der Waals surface area contributed by atoms with Crippen molar-refractivity contribution in [3.8, 4) is 16.9 Å².